The minimum absolute atomic E-state index is 0.155. The lowest BCUT2D eigenvalue weighted by atomic mass is 9.80. The SMILES string of the molecule is Cc1ccc(C2c3cc(C)ccc3Nc3c2c(=O)oc2ccccc32)cc1. The zero-order valence-corrected chi connectivity index (χ0v) is 15.2. The van der Waals surface area contributed by atoms with Crippen molar-refractivity contribution in [3.05, 3.63) is 105 Å². The van der Waals surface area contributed by atoms with E-state index in [-0.39, 0.29) is 11.5 Å². The third-order valence-corrected chi connectivity index (χ3v) is 5.33. The number of hydrogen-bond donors (Lipinski definition) is 1. The van der Waals surface area contributed by atoms with E-state index in [2.05, 4.69) is 61.6 Å². The van der Waals surface area contributed by atoms with Crippen LogP contribution in [0.4, 0.5) is 11.4 Å². The first-order valence-corrected chi connectivity index (χ1v) is 9.12. The van der Waals surface area contributed by atoms with Crippen molar-refractivity contribution in [3.63, 3.8) is 0 Å². The zero-order chi connectivity index (χ0) is 18.5. The predicted octanol–water partition coefficient (Wildman–Crippen LogP) is 5.65. The lowest BCUT2D eigenvalue weighted by molar-refractivity contribution is 0.549. The van der Waals surface area contributed by atoms with Crippen LogP contribution in [0.1, 0.15) is 33.7 Å². The molecule has 0 aliphatic carbocycles. The Morgan fingerprint density at radius 2 is 1.63 bits per heavy atom. The van der Waals surface area contributed by atoms with Crippen molar-refractivity contribution in [3.8, 4) is 0 Å². The highest BCUT2D eigenvalue weighted by molar-refractivity contribution is 5.96. The smallest absolute Gasteiger partial charge is 0.342 e. The molecule has 27 heavy (non-hydrogen) atoms. The maximum Gasteiger partial charge on any atom is 0.342 e. The number of nitrogens with one attached hydrogen (secondary N) is 1. The van der Waals surface area contributed by atoms with Crippen LogP contribution in [0.15, 0.2) is 75.9 Å². The molecule has 4 aromatic rings. The summed E-state index contributed by atoms with van der Waals surface area (Å²) in [5.41, 5.74) is 7.45. The molecule has 0 radical (unpaired) electrons. The van der Waals surface area contributed by atoms with Crippen LogP contribution in [0, 0.1) is 13.8 Å². The lowest BCUT2D eigenvalue weighted by Gasteiger charge is -2.29. The van der Waals surface area contributed by atoms with Gasteiger partial charge in [0.15, 0.2) is 0 Å². The number of para-hydroxylation sites is 1. The van der Waals surface area contributed by atoms with Gasteiger partial charge in [-0.25, -0.2) is 4.79 Å². The van der Waals surface area contributed by atoms with Gasteiger partial charge in [-0.3, -0.25) is 0 Å². The second kappa shape index (κ2) is 5.85. The highest BCUT2D eigenvalue weighted by Gasteiger charge is 2.32. The van der Waals surface area contributed by atoms with Gasteiger partial charge in [0.05, 0.1) is 11.3 Å². The van der Waals surface area contributed by atoms with Crippen molar-refractivity contribution >= 4 is 22.3 Å². The van der Waals surface area contributed by atoms with E-state index < -0.39 is 0 Å². The molecule has 0 spiro atoms. The maximum atomic E-state index is 13.0. The van der Waals surface area contributed by atoms with Gasteiger partial charge >= 0.3 is 5.63 Å². The highest BCUT2D eigenvalue weighted by Crippen LogP contribution is 2.45. The minimum Gasteiger partial charge on any atom is -0.422 e. The van der Waals surface area contributed by atoms with Crippen LogP contribution in [0.25, 0.3) is 11.0 Å². The van der Waals surface area contributed by atoms with Gasteiger partial charge in [0.2, 0.25) is 0 Å². The fraction of sp³-hybridized carbons (Fsp3) is 0.125. The summed E-state index contributed by atoms with van der Waals surface area (Å²) in [6, 6.07) is 22.4. The van der Waals surface area contributed by atoms with Crippen molar-refractivity contribution < 1.29 is 4.42 Å². The Morgan fingerprint density at radius 3 is 2.44 bits per heavy atom. The van der Waals surface area contributed by atoms with E-state index in [0.717, 1.165) is 27.9 Å². The molecule has 2 heterocycles. The molecule has 3 nitrogen and oxygen atoms in total. The Morgan fingerprint density at radius 1 is 0.889 bits per heavy atom. The first-order chi connectivity index (χ1) is 13.1. The third kappa shape index (κ3) is 2.47. The quantitative estimate of drug-likeness (QED) is 0.396. The van der Waals surface area contributed by atoms with Crippen LogP contribution < -0.4 is 10.9 Å². The van der Waals surface area contributed by atoms with Gasteiger partial charge in [-0.15, -0.1) is 0 Å². The van der Waals surface area contributed by atoms with Crippen LogP contribution in [-0.2, 0) is 0 Å². The molecule has 1 aliphatic heterocycles. The lowest BCUT2D eigenvalue weighted by Crippen LogP contribution is -2.22. The molecular weight excluding hydrogens is 334 g/mol. The van der Waals surface area contributed by atoms with E-state index in [9.17, 15) is 4.79 Å². The second-order valence-corrected chi connectivity index (χ2v) is 7.23. The number of anilines is 2. The normalized spacial score (nSPS) is 15.1. The van der Waals surface area contributed by atoms with Crippen LogP contribution >= 0.6 is 0 Å². The van der Waals surface area contributed by atoms with Crippen LogP contribution in [-0.4, -0.2) is 0 Å². The van der Waals surface area contributed by atoms with Crippen molar-refractivity contribution in [1.29, 1.82) is 0 Å². The summed E-state index contributed by atoms with van der Waals surface area (Å²) in [5.74, 6) is -0.155. The molecule has 1 aromatic heterocycles. The molecule has 1 atom stereocenters. The molecule has 0 saturated heterocycles. The molecule has 3 aromatic carbocycles. The van der Waals surface area contributed by atoms with E-state index in [0.29, 0.717) is 11.1 Å². The van der Waals surface area contributed by atoms with Crippen molar-refractivity contribution in [2.45, 2.75) is 19.8 Å². The molecule has 0 fully saturated rings. The number of hydrogen-bond acceptors (Lipinski definition) is 3. The molecule has 3 heteroatoms. The summed E-state index contributed by atoms with van der Waals surface area (Å²) in [4.78, 5) is 13.0. The maximum absolute atomic E-state index is 13.0. The second-order valence-electron chi connectivity index (χ2n) is 7.23. The van der Waals surface area contributed by atoms with Gasteiger partial charge in [-0.1, -0.05) is 59.7 Å². The summed E-state index contributed by atoms with van der Waals surface area (Å²) in [6.45, 7) is 4.14. The van der Waals surface area contributed by atoms with E-state index in [1.807, 2.05) is 24.3 Å². The molecule has 0 saturated carbocycles. The molecule has 1 N–H and O–H groups in total. The fourth-order valence-electron chi connectivity index (χ4n) is 3.99. The number of rotatable bonds is 1. The van der Waals surface area contributed by atoms with Gasteiger partial charge < -0.3 is 9.73 Å². The number of benzene rings is 3. The summed E-state index contributed by atoms with van der Waals surface area (Å²) in [6.07, 6.45) is 0. The summed E-state index contributed by atoms with van der Waals surface area (Å²) < 4.78 is 5.69. The van der Waals surface area contributed by atoms with Gasteiger partial charge in [0.25, 0.3) is 0 Å². The zero-order valence-electron chi connectivity index (χ0n) is 15.2. The third-order valence-electron chi connectivity index (χ3n) is 5.33. The van der Waals surface area contributed by atoms with E-state index >= 15 is 0 Å². The summed E-state index contributed by atoms with van der Waals surface area (Å²) in [5, 5.41) is 4.43. The van der Waals surface area contributed by atoms with E-state index in [4.69, 9.17) is 4.42 Å². The van der Waals surface area contributed by atoms with Crippen molar-refractivity contribution in [2.75, 3.05) is 5.32 Å². The van der Waals surface area contributed by atoms with Crippen LogP contribution in [0.2, 0.25) is 0 Å². The van der Waals surface area contributed by atoms with Crippen LogP contribution in [0.5, 0.6) is 0 Å². The minimum atomic E-state index is -0.283. The summed E-state index contributed by atoms with van der Waals surface area (Å²) in [7, 11) is 0. The summed E-state index contributed by atoms with van der Waals surface area (Å²) >= 11 is 0. The average molecular weight is 353 g/mol. The van der Waals surface area contributed by atoms with Gasteiger partial charge in [-0.05, 0) is 43.2 Å². The van der Waals surface area contributed by atoms with Crippen LogP contribution in [0.3, 0.4) is 0 Å². The predicted molar refractivity (Wildman–Crippen MR) is 109 cm³/mol. The number of fused-ring (bicyclic) bond motifs is 4. The van der Waals surface area contributed by atoms with Gasteiger partial charge in [0, 0.05) is 17.0 Å². The first kappa shape index (κ1) is 15.9. The Labute approximate surface area is 157 Å². The molecule has 5 rings (SSSR count). The molecule has 1 unspecified atom stereocenters. The molecule has 0 bridgehead atoms. The monoisotopic (exact) mass is 353 g/mol. The van der Waals surface area contributed by atoms with Gasteiger partial charge in [-0.2, -0.15) is 0 Å². The molecule has 132 valence electrons. The Kier molecular flexibility index (Phi) is 3.44. The highest BCUT2D eigenvalue weighted by atomic mass is 16.4. The standard InChI is InChI=1S/C24H19NO2/c1-14-7-10-16(11-8-14)21-18-13-15(2)9-12-19(18)25-23-17-5-3-4-6-20(17)27-24(26)22(21)23/h3-13,21,25H,1-2H3. The largest absolute Gasteiger partial charge is 0.422 e. The van der Waals surface area contributed by atoms with Crippen molar-refractivity contribution in [2.24, 2.45) is 0 Å². The Bertz CT molecular complexity index is 1240. The van der Waals surface area contributed by atoms with E-state index in [1.54, 1.807) is 0 Å². The van der Waals surface area contributed by atoms with Crippen molar-refractivity contribution in [1.82, 2.24) is 0 Å². The molecule has 1 aliphatic rings. The Balaban J connectivity index is 1.87. The number of aryl methyl sites for hydroxylation is 2. The van der Waals surface area contributed by atoms with E-state index in [1.165, 1.54) is 11.1 Å². The topological polar surface area (TPSA) is 42.2 Å². The fourth-order valence-corrected chi connectivity index (χ4v) is 3.99. The molecular formula is C24H19NO2. The Hall–Kier alpha value is -3.33. The average Bonchev–Trinajstić information content (AvgIpc) is 2.67. The van der Waals surface area contributed by atoms with Gasteiger partial charge in [0.1, 0.15) is 5.58 Å². The first-order valence-electron chi connectivity index (χ1n) is 9.12. The molecule has 0 amide bonds.